The fourth-order valence-electron chi connectivity index (χ4n) is 3.55. The van der Waals surface area contributed by atoms with Crippen LogP contribution in [0.15, 0.2) is 0 Å². The molecule has 5 heteroatoms. The molecule has 0 aromatic rings. The van der Waals surface area contributed by atoms with Crippen molar-refractivity contribution in [3.63, 3.8) is 0 Å². The molecule has 2 rings (SSSR count). The lowest BCUT2D eigenvalue weighted by Crippen LogP contribution is -2.43. The zero-order chi connectivity index (χ0) is 15.1. The Morgan fingerprint density at radius 3 is 2.81 bits per heavy atom. The van der Waals surface area contributed by atoms with E-state index in [0.717, 1.165) is 71.4 Å². The third-order valence-corrected chi connectivity index (χ3v) is 4.84. The van der Waals surface area contributed by atoms with Crippen LogP contribution in [-0.2, 0) is 9.53 Å². The van der Waals surface area contributed by atoms with E-state index in [4.69, 9.17) is 10.5 Å². The van der Waals surface area contributed by atoms with E-state index in [9.17, 15) is 4.79 Å². The standard InChI is InChI=1S/C16H31N3O2/c1-2-15(6-7-17)18-8-4-9-19(11-10-18)16(20)14-5-3-12-21-13-14/h14-15H,2-13,17H2,1H3. The van der Waals surface area contributed by atoms with Crippen LogP contribution in [0.5, 0.6) is 0 Å². The van der Waals surface area contributed by atoms with Gasteiger partial charge in [0, 0.05) is 38.8 Å². The third kappa shape index (κ3) is 4.66. The van der Waals surface area contributed by atoms with Gasteiger partial charge >= 0.3 is 0 Å². The molecule has 2 saturated heterocycles. The van der Waals surface area contributed by atoms with Crippen LogP contribution in [0.2, 0.25) is 0 Å². The van der Waals surface area contributed by atoms with Gasteiger partial charge in [-0.3, -0.25) is 9.69 Å². The molecule has 0 bridgehead atoms. The number of ether oxygens (including phenoxy) is 1. The van der Waals surface area contributed by atoms with E-state index in [1.807, 2.05) is 0 Å². The molecule has 21 heavy (non-hydrogen) atoms. The minimum Gasteiger partial charge on any atom is -0.381 e. The smallest absolute Gasteiger partial charge is 0.228 e. The van der Waals surface area contributed by atoms with Gasteiger partial charge in [0.05, 0.1) is 12.5 Å². The number of carbonyl (C=O) groups is 1. The molecule has 1 amide bonds. The SMILES string of the molecule is CCC(CCN)N1CCCN(C(=O)C2CCCOC2)CC1. The molecule has 2 heterocycles. The Morgan fingerprint density at radius 1 is 1.29 bits per heavy atom. The molecule has 5 nitrogen and oxygen atoms in total. The summed E-state index contributed by atoms with van der Waals surface area (Å²) in [6.07, 6.45) is 5.28. The highest BCUT2D eigenvalue weighted by Gasteiger charge is 2.28. The topological polar surface area (TPSA) is 58.8 Å². The molecule has 0 spiro atoms. The first-order valence-corrected chi connectivity index (χ1v) is 8.57. The van der Waals surface area contributed by atoms with E-state index in [-0.39, 0.29) is 5.92 Å². The fraction of sp³-hybridized carbons (Fsp3) is 0.938. The molecule has 2 unspecified atom stereocenters. The predicted octanol–water partition coefficient (Wildman–Crippen LogP) is 1.07. The highest BCUT2D eigenvalue weighted by Crippen LogP contribution is 2.19. The zero-order valence-corrected chi connectivity index (χ0v) is 13.4. The van der Waals surface area contributed by atoms with Crippen LogP contribution in [0.1, 0.15) is 39.0 Å². The normalized spacial score (nSPS) is 26.4. The first-order valence-electron chi connectivity index (χ1n) is 8.57. The van der Waals surface area contributed by atoms with Crippen LogP contribution < -0.4 is 5.73 Å². The van der Waals surface area contributed by atoms with Crippen molar-refractivity contribution in [1.29, 1.82) is 0 Å². The third-order valence-electron chi connectivity index (χ3n) is 4.84. The molecular formula is C16H31N3O2. The summed E-state index contributed by atoms with van der Waals surface area (Å²) in [4.78, 5) is 17.2. The average molecular weight is 297 g/mol. The first kappa shape index (κ1) is 16.7. The molecule has 122 valence electrons. The van der Waals surface area contributed by atoms with Gasteiger partial charge in [-0.05, 0) is 38.6 Å². The quantitative estimate of drug-likeness (QED) is 0.825. The Morgan fingerprint density at radius 2 is 2.14 bits per heavy atom. The number of amides is 1. The second kappa shape index (κ2) is 8.71. The van der Waals surface area contributed by atoms with E-state index in [0.29, 0.717) is 18.6 Å². The van der Waals surface area contributed by atoms with Crippen molar-refractivity contribution in [3.05, 3.63) is 0 Å². The zero-order valence-electron chi connectivity index (χ0n) is 13.4. The molecule has 0 saturated carbocycles. The van der Waals surface area contributed by atoms with Crippen LogP contribution in [0.3, 0.4) is 0 Å². The van der Waals surface area contributed by atoms with Crippen molar-refractivity contribution in [3.8, 4) is 0 Å². The molecule has 2 aliphatic heterocycles. The summed E-state index contributed by atoms with van der Waals surface area (Å²) < 4.78 is 5.46. The Labute approximate surface area is 128 Å². The maximum atomic E-state index is 12.6. The van der Waals surface area contributed by atoms with Crippen LogP contribution in [0.25, 0.3) is 0 Å². The van der Waals surface area contributed by atoms with Crippen LogP contribution in [0, 0.1) is 5.92 Å². The summed E-state index contributed by atoms with van der Waals surface area (Å²) in [5.74, 6) is 0.403. The van der Waals surface area contributed by atoms with E-state index < -0.39 is 0 Å². The number of nitrogens with two attached hydrogens (primary N) is 1. The van der Waals surface area contributed by atoms with Gasteiger partial charge in [-0.25, -0.2) is 0 Å². The summed E-state index contributed by atoms with van der Waals surface area (Å²) in [6, 6.07) is 0.572. The monoisotopic (exact) mass is 297 g/mol. The molecule has 0 aromatic heterocycles. The van der Waals surface area contributed by atoms with Crippen molar-refractivity contribution < 1.29 is 9.53 Å². The second-order valence-corrected chi connectivity index (χ2v) is 6.27. The average Bonchev–Trinajstić information content (AvgIpc) is 2.78. The van der Waals surface area contributed by atoms with Crippen molar-refractivity contribution in [1.82, 2.24) is 9.80 Å². The number of rotatable bonds is 5. The Bertz CT molecular complexity index is 319. The lowest BCUT2D eigenvalue weighted by Gasteiger charge is -2.30. The van der Waals surface area contributed by atoms with Gasteiger partial charge in [-0.1, -0.05) is 6.92 Å². The van der Waals surface area contributed by atoms with Crippen molar-refractivity contribution in [2.75, 3.05) is 45.9 Å². The molecule has 2 atom stereocenters. The van der Waals surface area contributed by atoms with Gasteiger partial charge in [0.25, 0.3) is 0 Å². The van der Waals surface area contributed by atoms with E-state index in [1.54, 1.807) is 0 Å². The minimum absolute atomic E-state index is 0.0938. The predicted molar refractivity (Wildman–Crippen MR) is 84.1 cm³/mol. The van der Waals surface area contributed by atoms with Crippen molar-refractivity contribution >= 4 is 5.91 Å². The van der Waals surface area contributed by atoms with Gasteiger partial charge < -0.3 is 15.4 Å². The Kier molecular flexibility index (Phi) is 6.93. The van der Waals surface area contributed by atoms with Crippen LogP contribution in [-0.4, -0.2) is 67.7 Å². The summed E-state index contributed by atoms with van der Waals surface area (Å²) in [6.45, 7) is 8.23. The lowest BCUT2D eigenvalue weighted by atomic mass is 10.0. The van der Waals surface area contributed by atoms with E-state index >= 15 is 0 Å². The molecule has 0 radical (unpaired) electrons. The molecule has 0 aromatic carbocycles. The van der Waals surface area contributed by atoms with Crippen LogP contribution in [0.4, 0.5) is 0 Å². The number of nitrogens with zero attached hydrogens (tertiary/aromatic N) is 2. The van der Waals surface area contributed by atoms with Gasteiger partial charge in [0.2, 0.25) is 5.91 Å². The highest BCUT2D eigenvalue weighted by atomic mass is 16.5. The summed E-state index contributed by atoms with van der Waals surface area (Å²) in [5, 5.41) is 0. The summed E-state index contributed by atoms with van der Waals surface area (Å²) >= 11 is 0. The largest absolute Gasteiger partial charge is 0.381 e. The van der Waals surface area contributed by atoms with Crippen LogP contribution >= 0.6 is 0 Å². The van der Waals surface area contributed by atoms with E-state index in [2.05, 4.69) is 16.7 Å². The maximum absolute atomic E-state index is 12.6. The maximum Gasteiger partial charge on any atom is 0.228 e. The fourth-order valence-corrected chi connectivity index (χ4v) is 3.55. The number of carbonyl (C=O) groups excluding carboxylic acids is 1. The molecule has 2 aliphatic rings. The highest BCUT2D eigenvalue weighted by molar-refractivity contribution is 5.79. The minimum atomic E-state index is 0.0938. The molecular weight excluding hydrogens is 266 g/mol. The molecule has 2 fully saturated rings. The lowest BCUT2D eigenvalue weighted by molar-refractivity contribution is -0.139. The summed E-state index contributed by atoms with van der Waals surface area (Å²) in [5.41, 5.74) is 5.72. The van der Waals surface area contributed by atoms with E-state index in [1.165, 1.54) is 0 Å². The van der Waals surface area contributed by atoms with Gasteiger partial charge in [-0.2, -0.15) is 0 Å². The number of hydrogen-bond acceptors (Lipinski definition) is 4. The van der Waals surface area contributed by atoms with Crippen molar-refractivity contribution in [2.45, 2.75) is 45.1 Å². The van der Waals surface area contributed by atoms with Gasteiger partial charge in [0.15, 0.2) is 0 Å². The Balaban J connectivity index is 1.86. The molecule has 0 aliphatic carbocycles. The summed E-state index contributed by atoms with van der Waals surface area (Å²) in [7, 11) is 0. The van der Waals surface area contributed by atoms with Gasteiger partial charge in [-0.15, -0.1) is 0 Å². The van der Waals surface area contributed by atoms with Crippen molar-refractivity contribution in [2.24, 2.45) is 11.7 Å². The number of hydrogen-bond donors (Lipinski definition) is 1. The van der Waals surface area contributed by atoms with Gasteiger partial charge in [0.1, 0.15) is 0 Å². The molecule has 2 N–H and O–H groups in total. The first-order chi connectivity index (χ1) is 10.3. The Hall–Kier alpha value is -0.650. The second-order valence-electron chi connectivity index (χ2n) is 6.27.